The van der Waals surface area contributed by atoms with Crippen LogP contribution in [0.25, 0.3) is 5.69 Å². The molecule has 1 aliphatic heterocycles. The summed E-state index contributed by atoms with van der Waals surface area (Å²) in [7, 11) is 0. The van der Waals surface area contributed by atoms with Crippen molar-refractivity contribution in [2.75, 3.05) is 19.7 Å². The number of rotatable bonds is 11. The third-order valence-corrected chi connectivity index (χ3v) is 5.54. The van der Waals surface area contributed by atoms with Gasteiger partial charge in [-0.05, 0) is 30.4 Å². The number of amides is 2. The quantitative estimate of drug-likeness (QED) is 0.544. The Bertz CT molecular complexity index is 965. The molecule has 0 spiro atoms. The first-order valence-corrected chi connectivity index (χ1v) is 10.9. The van der Waals surface area contributed by atoms with Crippen molar-refractivity contribution >= 4 is 11.8 Å². The van der Waals surface area contributed by atoms with Crippen molar-refractivity contribution in [1.29, 1.82) is 0 Å². The Labute approximate surface area is 189 Å². The zero-order valence-corrected chi connectivity index (χ0v) is 18.9. The second-order valence-electron chi connectivity index (χ2n) is 8.80. The van der Waals surface area contributed by atoms with Gasteiger partial charge in [0, 0.05) is 19.5 Å². The van der Waals surface area contributed by atoms with Crippen molar-refractivity contribution in [1.82, 2.24) is 20.0 Å². The number of para-hydroxylation sites is 1. The van der Waals surface area contributed by atoms with Crippen LogP contribution in [-0.4, -0.2) is 52.2 Å². The highest BCUT2D eigenvalue weighted by Crippen LogP contribution is 2.27. The van der Waals surface area contributed by atoms with Crippen LogP contribution in [0.15, 0.2) is 61.8 Å². The number of nitrogens with zero attached hydrogens (tertiary/aromatic N) is 3. The zero-order chi connectivity index (χ0) is 23.1. The number of hydrogen-bond acceptors (Lipinski definition) is 4. The molecule has 7 nitrogen and oxygen atoms in total. The van der Waals surface area contributed by atoms with Gasteiger partial charge in [0.15, 0.2) is 11.4 Å². The molecule has 32 heavy (non-hydrogen) atoms. The van der Waals surface area contributed by atoms with Crippen molar-refractivity contribution in [3.05, 3.63) is 67.5 Å². The molecule has 1 fully saturated rings. The van der Waals surface area contributed by atoms with Gasteiger partial charge in [0.1, 0.15) is 6.61 Å². The summed E-state index contributed by atoms with van der Waals surface area (Å²) in [5.41, 5.74) is 0.964. The molecule has 1 atom stereocenters. The molecule has 1 aromatic heterocycles. The van der Waals surface area contributed by atoms with Crippen LogP contribution in [0.5, 0.6) is 5.75 Å². The van der Waals surface area contributed by atoms with E-state index < -0.39 is 0 Å². The van der Waals surface area contributed by atoms with Gasteiger partial charge in [-0.1, -0.05) is 50.8 Å². The molecule has 0 aliphatic carbocycles. The molecule has 1 unspecified atom stereocenters. The minimum absolute atomic E-state index is 0.0143. The Hall–Kier alpha value is -3.35. The number of carbonyl (C=O) groups excluding carboxylic acids is 2. The van der Waals surface area contributed by atoms with Crippen LogP contribution in [0, 0.1) is 5.41 Å². The largest absolute Gasteiger partial charge is 0.485 e. The van der Waals surface area contributed by atoms with E-state index in [1.807, 2.05) is 50.3 Å². The number of carbonyl (C=O) groups is 2. The van der Waals surface area contributed by atoms with E-state index in [1.54, 1.807) is 21.9 Å². The summed E-state index contributed by atoms with van der Waals surface area (Å²) >= 11 is 0. The van der Waals surface area contributed by atoms with E-state index in [0.717, 1.165) is 18.5 Å². The number of ether oxygens (including phenoxy) is 1. The molecule has 170 valence electrons. The topological polar surface area (TPSA) is 76.5 Å². The van der Waals surface area contributed by atoms with E-state index in [4.69, 9.17) is 4.74 Å². The Kier molecular flexibility index (Phi) is 7.51. The Morgan fingerprint density at radius 3 is 2.62 bits per heavy atom. The van der Waals surface area contributed by atoms with Gasteiger partial charge in [-0.25, -0.2) is 4.68 Å². The molecular formula is C25H32N4O3. The van der Waals surface area contributed by atoms with Gasteiger partial charge in [0.2, 0.25) is 5.91 Å². The average molecular weight is 437 g/mol. The second kappa shape index (κ2) is 10.3. The lowest BCUT2D eigenvalue weighted by Gasteiger charge is -2.40. The van der Waals surface area contributed by atoms with Crippen molar-refractivity contribution in [3.63, 3.8) is 0 Å². The van der Waals surface area contributed by atoms with Gasteiger partial charge in [-0.15, -0.1) is 6.58 Å². The number of aromatic nitrogens is 2. The maximum absolute atomic E-state index is 13.2. The third kappa shape index (κ3) is 5.66. The summed E-state index contributed by atoms with van der Waals surface area (Å²) in [6, 6.07) is 9.51. The first-order chi connectivity index (χ1) is 15.3. The summed E-state index contributed by atoms with van der Waals surface area (Å²) in [6.45, 7) is 12.8. The van der Waals surface area contributed by atoms with Crippen LogP contribution in [0.4, 0.5) is 0 Å². The maximum atomic E-state index is 13.2. The van der Waals surface area contributed by atoms with Gasteiger partial charge in [-0.2, -0.15) is 5.10 Å². The van der Waals surface area contributed by atoms with E-state index in [0.29, 0.717) is 25.3 Å². The lowest BCUT2D eigenvalue weighted by molar-refractivity contribution is -0.123. The molecule has 0 saturated carbocycles. The second-order valence-corrected chi connectivity index (χ2v) is 8.80. The first-order valence-electron chi connectivity index (χ1n) is 10.9. The smallest absolute Gasteiger partial charge is 0.278 e. The number of likely N-dealkylation sites (tertiary alicyclic amines) is 1. The zero-order valence-electron chi connectivity index (χ0n) is 18.9. The average Bonchev–Trinajstić information content (AvgIpc) is 3.16. The minimum atomic E-state index is -0.198. The van der Waals surface area contributed by atoms with Gasteiger partial charge in [0.05, 0.1) is 17.9 Å². The van der Waals surface area contributed by atoms with E-state index >= 15 is 0 Å². The summed E-state index contributed by atoms with van der Waals surface area (Å²) in [5.74, 6) is 0.204. The normalized spacial score (nSPS) is 15.6. The number of benzene rings is 1. The molecule has 3 rings (SSSR count). The van der Waals surface area contributed by atoms with Crippen LogP contribution >= 0.6 is 0 Å². The summed E-state index contributed by atoms with van der Waals surface area (Å²) < 4.78 is 7.36. The lowest BCUT2D eigenvalue weighted by Crippen LogP contribution is -2.56. The van der Waals surface area contributed by atoms with Crippen LogP contribution < -0.4 is 10.1 Å². The highest BCUT2D eigenvalue weighted by molar-refractivity contribution is 5.95. The Morgan fingerprint density at radius 1 is 1.25 bits per heavy atom. The highest BCUT2D eigenvalue weighted by Gasteiger charge is 2.36. The predicted octanol–water partition coefficient (Wildman–Crippen LogP) is 3.76. The monoisotopic (exact) mass is 436 g/mol. The SMILES string of the molecule is C=CCOc1cn(-c2ccccc2)nc1C(=O)N1CCC1CNC(=O)CC(C)(C)CC=C. The van der Waals surface area contributed by atoms with Crippen molar-refractivity contribution in [2.45, 2.75) is 39.2 Å². The summed E-state index contributed by atoms with van der Waals surface area (Å²) in [6.07, 6.45) is 7.20. The van der Waals surface area contributed by atoms with Gasteiger partial charge in [0.25, 0.3) is 5.91 Å². The maximum Gasteiger partial charge on any atom is 0.278 e. The van der Waals surface area contributed by atoms with E-state index in [-0.39, 0.29) is 35.6 Å². The fourth-order valence-electron chi connectivity index (χ4n) is 3.72. The molecule has 2 amide bonds. The van der Waals surface area contributed by atoms with E-state index in [2.05, 4.69) is 23.6 Å². The molecule has 7 heteroatoms. The van der Waals surface area contributed by atoms with Gasteiger partial charge < -0.3 is 15.0 Å². The number of nitrogens with one attached hydrogen (secondary N) is 1. The molecule has 1 aromatic carbocycles. The lowest BCUT2D eigenvalue weighted by atomic mass is 9.85. The molecule has 1 aliphatic rings. The molecule has 1 saturated heterocycles. The molecule has 2 heterocycles. The van der Waals surface area contributed by atoms with Crippen LogP contribution in [-0.2, 0) is 4.79 Å². The van der Waals surface area contributed by atoms with Crippen LogP contribution in [0.1, 0.15) is 43.6 Å². The van der Waals surface area contributed by atoms with E-state index in [9.17, 15) is 9.59 Å². The Balaban J connectivity index is 1.67. The highest BCUT2D eigenvalue weighted by atomic mass is 16.5. The molecule has 0 radical (unpaired) electrons. The predicted molar refractivity (Wildman–Crippen MR) is 125 cm³/mol. The van der Waals surface area contributed by atoms with Gasteiger partial charge in [-0.3, -0.25) is 9.59 Å². The molecule has 0 bridgehead atoms. The summed E-state index contributed by atoms with van der Waals surface area (Å²) in [5, 5.41) is 7.48. The van der Waals surface area contributed by atoms with Crippen molar-refractivity contribution < 1.29 is 14.3 Å². The standard InChI is InChI=1S/C25H32N4O3/c1-5-13-25(3,4)16-22(30)26-17-20-12-14-28(20)24(31)23-21(32-15-6-2)18-29(27-23)19-10-8-7-9-11-19/h5-11,18,20H,1-2,12-17H2,3-4H3,(H,26,30). The van der Waals surface area contributed by atoms with Crippen molar-refractivity contribution in [2.24, 2.45) is 5.41 Å². The summed E-state index contributed by atoms with van der Waals surface area (Å²) in [4.78, 5) is 27.4. The van der Waals surface area contributed by atoms with Gasteiger partial charge >= 0.3 is 0 Å². The molecule has 2 aromatic rings. The Morgan fingerprint density at radius 2 is 2.00 bits per heavy atom. The third-order valence-electron chi connectivity index (χ3n) is 5.54. The fourth-order valence-corrected chi connectivity index (χ4v) is 3.72. The molecular weight excluding hydrogens is 404 g/mol. The number of allylic oxidation sites excluding steroid dienone is 1. The molecule has 1 N–H and O–H groups in total. The minimum Gasteiger partial charge on any atom is -0.485 e. The van der Waals surface area contributed by atoms with Crippen LogP contribution in [0.2, 0.25) is 0 Å². The van der Waals surface area contributed by atoms with E-state index in [1.165, 1.54) is 0 Å². The van der Waals surface area contributed by atoms with Crippen LogP contribution in [0.3, 0.4) is 0 Å². The fraction of sp³-hybridized carbons (Fsp3) is 0.400. The van der Waals surface area contributed by atoms with Crippen molar-refractivity contribution in [3.8, 4) is 11.4 Å². The first kappa shape index (κ1) is 23.3. The number of hydrogen-bond donors (Lipinski definition) is 1.